The van der Waals surface area contributed by atoms with Crippen LogP contribution in [0.2, 0.25) is 0 Å². The number of esters is 1. The maximum atomic E-state index is 12.4. The smallest absolute Gasteiger partial charge is 0.411 e. The van der Waals surface area contributed by atoms with Gasteiger partial charge in [-0.15, -0.1) is 0 Å². The van der Waals surface area contributed by atoms with E-state index in [1.54, 1.807) is 0 Å². The van der Waals surface area contributed by atoms with Crippen molar-refractivity contribution < 1.29 is 29.0 Å². The first-order valence-corrected chi connectivity index (χ1v) is 8.48. The summed E-state index contributed by atoms with van der Waals surface area (Å²) in [6.45, 7) is 0.0591. The van der Waals surface area contributed by atoms with E-state index in [2.05, 4.69) is 4.74 Å². The second-order valence-electron chi connectivity index (χ2n) is 6.46. The van der Waals surface area contributed by atoms with E-state index in [1.165, 1.54) is 0 Å². The third-order valence-corrected chi connectivity index (χ3v) is 5.05. The van der Waals surface area contributed by atoms with Gasteiger partial charge < -0.3 is 14.6 Å². The molecule has 2 aliphatic rings. The van der Waals surface area contributed by atoms with Crippen LogP contribution in [0.4, 0.5) is 4.79 Å². The number of carboxylic acids is 1. The van der Waals surface area contributed by atoms with Crippen molar-refractivity contribution in [1.29, 1.82) is 0 Å². The Morgan fingerprint density at radius 2 is 1.52 bits per heavy atom. The molecule has 2 aromatic rings. The Bertz CT molecular complexity index is 894. The van der Waals surface area contributed by atoms with Gasteiger partial charge in [0.15, 0.2) is 12.1 Å². The van der Waals surface area contributed by atoms with Crippen molar-refractivity contribution in [2.75, 3.05) is 13.7 Å². The summed E-state index contributed by atoms with van der Waals surface area (Å²) in [4.78, 5) is 36.1. The number of hydrogen-bond donors (Lipinski definition) is 1. The normalized spacial score (nSPS) is 19.8. The summed E-state index contributed by atoms with van der Waals surface area (Å²) in [7, 11) is 1.15. The summed E-state index contributed by atoms with van der Waals surface area (Å²) >= 11 is 0. The summed E-state index contributed by atoms with van der Waals surface area (Å²) in [6, 6.07) is 13.4. The predicted molar refractivity (Wildman–Crippen MR) is 94.1 cm³/mol. The third-order valence-electron chi connectivity index (χ3n) is 5.05. The van der Waals surface area contributed by atoms with Crippen molar-refractivity contribution in [3.05, 3.63) is 59.7 Å². The SMILES string of the molecule is COC(=O)[C@@H]1[C@@H](C(=O)O)N1C(=O)OCC1c2ccccc2-c2ccccc21. The number of carboxylic acid groups (broad SMARTS) is 1. The van der Waals surface area contributed by atoms with Crippen LogP contribution in [0.15, 0.2) is 48.5 Å². The fourth-order valence-electron chi connectivity index (χ4n) is 3.74. The molecule has 0 aromatic heterocycles. The van der Waals surface area contributed by atoms with Crippen LogP contribution in [0.5, 0.6) is 0 Å². The Hall–Kier alpha value is -3.35. The van der Waals surface area contributed by atoms with E-state index in [-0.39, 0.29) is 12.5 Å². The Morgan fingerprint density at radius 1 is 0.963 bits per heavy atom. The van der Waals surface area contributed by atoms with E-state index in [0.29, 0.717) is 0 Å². The predicted octanol–water partition coefficient (Wildman–Crippen LogP) is 2.25. The number of ether oxygens (including phenoxy) is 2. The molecule has 1 aliphatic heterocycles. The number of hydrogen-bond acceptors (Lipinski definition) is 5. The number of rotatable bonds is 4. The lowest BCUT2D eigenvalue weighted by molar-refractivity contribution is -0.143. The van der Waals surface area contributed by atoms with Gasteiger partial charge >= 0.3 is 18.0 Å². The summed E-state index contributed by atoms with van der Waals surface area (Å²) in [5.41, 5.74) is 4.29. The molecule has 0 saturated carbocycles. The van der Waals surface area contributed by atoms with Gasteiger partial charge in [0, 0.05) is 5.92 Å². The van der Waals surface area contributed by atoms with E-state index in [9.17, 15) is 19.5 Å². The molecule has 1 heterocycles. The molecule has 2 atom stereocenters. The lowest BCUT2D eigenvalue weighted by Gasteiger charge is -2.14. The molecule has 1 fully saturated rings. The number of fused-ring (bicyclic) bond motifs is 3. The zero-order valence-corrected chi connectivity index (χ0v) is 14.5. The standard InChI is InChI=1S/C20H17NO6/c1-26-19(24)17-16(18(22)23)21(17)20(25)27-10-15-13-8-4-2-6-11(13)12-7-3-5-9-14(12)15/h2-9,15-17H,10H2,1H3,(H,22,23)/t16-,17-,21?/m0/s1. The van der Waals surface area contributed by atoms with Crippen molar-refractivity contribution in [2.45, 2.75) is 18.0 Å². The molecule has 1 N–H and O–H groups in total. The van der Waals surface area contributed by atoms with Crippen LogP contribution in [-0.2, 0) is 19.1 Å². The summed E-state index contributed by atoms with van der Waals surface area (Å²) in [6.07, 6.45) is -0.834. The molecule has 1 aliphatic carbocycles. The molecule has 27 heavy (non-hydrogen) atoms. The molecule has 4 rings (SSSR count). The van der Waals surface area contributed by atoms with E-state index in [0.717, 1.165) is 34.3 Å². The van der Waals surface area contributed by atoms with Gasteiger partial charge in [0.05, 0.1) is 7.11 Å². The van der Waals surface area contributed by atoms with E-state index in [4.69, 9.17) is 4.74 Å². The molecule has 1 amide bonds. The van der Waals surface area contributed by atoms with Gasteiger partial charge in [0.1, 0.15) is 6.61 Å². The van der Waals surface area contributed by atoms with Gasteiger partial charge in [-0.1, -0.05) is 48.5 Å². The monoisotopic (exact) mass is 367 g/mol. The minimum atomic E-state index is -1.26. The summed E-state index contributed by atoms with van der Waals surface area (Å²) in [5.74, 6) is -2.17. The number of benzene rings is 2. The molecule has 1 saturated heterocycles. The zero-order chi connectivity index (χ0) is 19.1. The second-order valence-corrected chi connectivity index (χ2v) is 6.46. The fraction of sp³-hybridized carbons (Fsp3) is 0.250. The highest BCUT2D eigenvalue weighted by atomic mass is 16.6. The first kappa shape index (κ1) is 17.1. The zero-order valence-electron chi connectivity index (χ0n) is 14.5. The minimum Gasteiger partial charge on any atom is -0.480 e. The first-order valence-electron chi connectivity index (χ1n) is 8.48. The lowest BCUT2D eigenvalue weighted by Crippen LogP contribution is -2.23. The van der Waals surface area contributed by atoms with E-state index < -0.39 is 30.1 Å². The second kappa shape index (κ2) is 6.42. The number of nitrogens with zero attached hydrogens (tertiary/aromatic N) is 1. The number of methoxy groups -OCH3 is 1. The maximum absolute atomic E-state index is 12.4. The highest BCUT2D eigenvalue weighted by Crippen LogP contribution is 2.44. The van der Waals surface area contributed by atoms with Gasteiger partial charge in [0.2, 0.25) is 0 Å². The average molecular weight is 367 g/mol. The summed E-state index contributed by atoms with van der Waals surface area (Å²) in [5, 5.41) is 9.17. The maximum Gasteiger partial charge on any atom is 0.411 e. The molecule has 0 radical (unpaired) electrons. The minimum absolute atomic E-state index is 0.0591. The Balaban J connectivity index is 1.52. The van der Waals surface area contributed by atoms with Crippen LogP contribution in [0, 0.1) is 0 Å². The first-order chi connectivity index (χ1) is 13.0. The Kier molecular flexibility index (Phi) is 4.07. The molecule has 2 aromatic carbocycles. The molecular formula is C20H17NO6. The third kappa shape index (κ3) is 2.71. The lowest BCUT2D eigenvalue weighted by atomic mass is 9.98. The van der Waals surface area contributed by atoms with Crippen LogP contribution < -0.4 is 0 Å². The average Bonchev–Trinajstić information content (AvgIpc) is 3.37. The fourth-order valence-corrected chi connectivity index (χ4v) is 3.74. The Morgan fingerprint density at radius 3 is 2.04 bits per heavy atom. The molecule has 7 nitrogen and oxygen atoms in total. The van der Waals surface area contributed by atoms with Crippen molar-refractivity contribution in [3.63, 3.8) is 0 Å². The van der Waals surface area contributed by atoms with Crippen LogP contribution in [0.3, 0.4) is 0 Å². The van der Waals surface area contributed by atoms with Gasteiger partial charge in [-0.05, 0) is 22.3 Å². The quantitative estimate of drug-likeness (QED) is 0.658. The number of carbonyl (C=O) groups excluding carboxylic acids is 2. The van der Waals surface area contributed by atoms with Crippen molar-refractivity contribution in [2.24, 2.45) is 0 Å². The largest absolute Gasteiger partial charge is 0.480 e. The molecule has 7 heteroatoms. The topological polar surface area (TPSA) is 92.9 Å². The molecule has 138 valence electrons. The van der Waals surface area contributed by atoms with Gasteiger partial charge in [-0.2, -0.15) is 0 Å². The molecule has 0 unspecified atom stereocenters. The van der Waals surface area contributed by atoms with Crippen molar-refractivity contribution >= 4 is 18.0 Å². The molecule has 0 spiro atoms. The van der Waals surface area contributed by atoms with Crippen LogP contribution >= 0.6 is 0 Å². The highest BCUT2D eigenvalue weighted by molar-refractivity contribution is 5.98. The number of aliphatic carboxylic acids is 1. The Labute approximate surface area is 155 Å². The van der Waals surface area contributed by atoms with Gasteiger partial charge in [-0.3, -0.25) is 4.90 Å². The van der Waals surface area contributed by atoms with Crippen LogP contribution in [-0.4, -0.2) is 53.8 Å². The number of amides is 1. The van der Waals surface area contributed by atoms with Crippen LogP contribution in [0.1, 0.15) is 17.0 Å². The van der Waals surface area contributed by atoms with Crippen molar-refractivity contribution in [3.8, 4) is 11.1 Å². The van der Waals surface area contributed by atoms with E-state index in [1.807, 2.05) is 48.5 Å². The van der Waals surface area contributed by atoms with Crippen molar-refractivity contribution in [1.82, 2.24) is 4.90 Å². The molecule has 0 bridgehead atoms. The molecular weight excluding hydrogens is 350 g/mol. The van der Waals surface area contributed by atoms with Gasteiger partial charge in [0.25, 0.3) is 0 Å². The van der Waals surface area contributed by atoms with E-state index >= 15 is 0 Å². The van der Waals surface area contributed by atoms with Crippen LogP contribution in [0.25, 0.3) is 11.1 Å². The summed E-state index contributed by atoms with van der Waals surface area (Å²) < 4.78 is 9.94. The number of carbonyl (C=O) groups is 3. The van der Waals surface area contributed by atoms with Gasteiger partial charge in [-0.25, -0.2) is 14.4 Å². The highest BCUT2D eigenvalue weighted by Gasteiger charge is 2.62.